The first-order valence-corrected chi connectivity index (χ1v) is 14.7. The van der Waals surface area contributed by atoms with Gasteiger partial charge in [0.25, 0.3) is 5.91 Å². The second kappa shape index (κ2) is 13.7. The van der Waals surface area contributed by atoms with E-state index in [-0.39, 0.29) is 17.7 Å². The highest BCUT2D eigenvalue weighted by Crippen LogP contribution is 2.37. The molecule has 1 spiro atoms. The molecule has 1 atom stereocenters. The zero-order chi connectivity index (χ0) is 28.7. The minimum Gasteiger partial charge on any atom is -0.493 e. The quantitative estimate of drug-likeness (QED) is 0.495. The largest absolute Gasteiger partial charge is 0.493 e. The van der Waals surface area contributed by atoms with E-state index in [9.17, 15) is 14.4 Å². The maximum Gasteiger partial charge on any atom is 0.255 e. The van der Waals surface area contributed by atoms with Crippen LogP contribution in [0.3, 0.4) is 0 Å². The second-order valence-electron chi connectivity index (χ2n) is 10.8. The summed E-state index contributed by atoms with van der Waals surface area (Å²) in [6, 6.07) is 10.1. The molecule has 0 saturated carbocycles. The lowest BCUT2D eigenvalue weighted by molar-refractivity contribution is -0.141. The van der Waals surface area contributed by atoms with Crippen molar-refractivity contribution in [3.8, 4) is 5.75 Å². The van der Waals surface area contributed by atoms with Crippen LogP contribution in [0.15, 0.2) is 36.4 Å². The fraction of sp³-hybridized carbons (Fsp3) is 0.500. The minimum absolute atomic E-state index is 0.0230. The third kappa shape index (κ3) is 7.47. The van der Waals surface area contributed by atoms with E-state index in [1.165, 1.54) is 0 Å². The van der Waals surface area contributed by atoms with Crippen molar-refractivity contribution in [2.45, 2.75) is 57.9 Å². The van der Waals surface area contributed by atoms with E-state index >= 15 is 0 Å². The number of nitrogens with two attached hydrogens (primary N) is 1. The molecule has 2 aromatic rings. The summed E-state index contributed by atoms with van der Waals surface area (Å²) in [4.78, 5) is 41.2. The molecule has 0 aliphatic carbocycles. The maximum atomic E-state index is 13.5. The van der Waals surface area contributed by atoms with Crippen LogP contribution in [0.4, 0.5) is 0 Å². The molecule has 1 fully saturated rings. The summed E-state index contributed by atoms with van der Waals surface area (Å²) in [7, 11) is 0. The number of benzene rings is 2. The third-order valence-electron chi connectivity index (χ3n) is 7.88. The molecule has 3 amide bonds. The van der Waals surface area contributed by atoms with Gasteiger partial charge in [-0.15, -0.1) is 0 Å². The number of aryl methyl sites for hydroxylation is 1. The Morgan fingerprint density at radius 1 is 1.00 bits per heavy atom. The number of rotatable bonds is 3. The molecule has 2 heterocycles. The highest BCUT2D eigenvalue weighted by atomic mass is 35.5. The predicted octanol–water partition coefficient (Wildman–Crippen LogP) is 4.28. The number of amides is 3. The molecule has 0 unspecified atom stereocenters. The lowest BCUT2D eigenvalue weighted by atomic mass is 9.73. The van der Waals surface area contributed by atoms with Crippen molar-refractivity contribution in [3.63, 3.8) is 0 Å². The Balaban J connectivity index is 1.36. The highest BCUT2D eigenvalue weighted by molar-refractivity contribution is 6.42. The van der Waals surface area contributed by atoms with E-state index in [0.29, 0.717) is 86.2 Å². The summed E-state index contributed by atoms with van der Waals surface area (Å²) in [5.41, 5.74) is 8.10. The molecule has 0 aromatic heterocycles. The van der Waals surface area contributed by atoms with Crippen LogP contribution >= 0.6 is 23.2 Å². The van der Waals surface area contributed by atoms with Crippen LogP contribution in [0.1, 0.15) is 60.0 Å². The molecule has 1 saturated heterocycles. The molecule has 4 N–H and O–H groups in total. The number of nitrogens with zero attached hydrogens (tertiary/aromatic N) is 1. The fourth-order valence-corrected chi connectivity index (χ4v) is 5.77. The van der Waals surface area contributed by atoms with Crippen LogP contribution in [0, 0.1) is 12.3 Å². The van der Waals surface area contributed by atoms with Crippen LogP contribution in [0.5, 0.6) is 5.75 Å². The molecule has 0 bridgehead atoms. The Labute approximate surface area is 245 Å². The van der Waals surface area contributed by atoms with Crippen molar-refractivity contribution >= 4 is 40.9 Å². The standard InChI is InChI=1S/C30H38Cl2N4O4/c1-20-5-7-22-26(17-20)40-16-4-13-35-29(39)30(9-2-3-12-34-27(22)37)10-14-36(15-11-30)28(38)25(33)19-21-6-8-23(31)24(32)18-21/h5-8,17-18,25H,2-4,9-16,19,33H2,1H3,(H,34,37)(H,35,39)/t25-/m0/s1. The summed E-state index contributed by atoms with van der Waals surface area (Å²) in [6.07, 6.45) is 4.34. The smallest absolute Gasteiger partial charge is 0.255 e. The summed E-state index contributed by atoms with van der Waals surface area (Å²) >= 11 is 12.1. The van der Waals surface area contributed by atoms with Gasteiger partial charge in [-0.25, -0.2) is 0 Å². The average Bonchev–Trinajstić information content (AvgIpc) is 2.94. The van der Waals surface area contributed by atoms with Crippen LogP contribution < -0.4 is 21.1 Å². The molecule has 2 aliphatic heterocycles. The zero-order valence-corrected chi connectivity index (χ0v) is 24.5. The van der Waals surface area contributed by atoms with Crippen LogP contribution in [-0.4, -0.2) is 61.4 Å². The Morgan fingerprint density at radius 2 is 1.75 bits per heavy atom. The number of nitrogens with one attached hydrogen (secondary N) is 2. The number of fused-ring (bicyclic) bond motifs is 1. The van der Waals surface area contributed by atoms with E-state index < -0.39 is 11.5 Å². The topological polar surface area (TPSA) is 114 Å². The molecule has 10 heteroatoms. The van der Waals surface area contributed by atoms with Crippen molar-refractivity contribution in [1.29, 1.82) is 0 Å². The van der Waals surface area contributed by atoms with Crippen LogP contribution in [-0.2, 0) is 16.0 Å². The molecule has 216 valence electrons. The molecule has 8 nitrogen and oxygen atoms in total. The fourth-order valence-electron chi connectivity index (χ4n) is 5.45. The summed E-state index contributed by atoms with van der Waals surface area (Å²) in [5.74, 6) is 0.297. The van der Waals surface area contributed by atoms with Crippen LogP contribution in [0.2, 0.25) is 10.0 Å². The molecule has 0 radical (unpaired) electrons. The Kier molecular flexibility index (Phi) is 10.3. The second-order valence-corrected chi connectivity index (χ2v) is 11.6. The lowest BCUT2D eigenvalue weighted by Crippen LogP contribution is -2.53. The molecular formula is C30H38Cl2N4O4. The van der Waals surface area contributed by atoms with E-state index in [1.807, 2.05) is 25.1 Å². The van der Waals surface area contributed by atoms with Gasteiger partial charge >= 0.3 is 0 Å². The van der Waals surface area contributed by atoms with E-state index in [1.54, 1.807) is 23.1 Å². The van der Waals surface area contributed by atoms with Crippen LogP contribution in [0.25, 0.3) is 0 Å². The number of halogens is 2. The number of hydrogen-bond donors (Lipinski definition) is 3. The normalized spacial score (nSPS) is 19.4. The van der Waals surface area contributed by atoms with Gasteiger partial charge in [0.1, 0.15) is 5.75 Å². The van der Waals surface area contributed by atoms with E-state index in [2.05, 4.69) is 10.6 Å². The maximum absolute atomic E-state index is 13.5. The Bertz CT molecular complexity index is 1230. The molecule has 2 aromatic carbocycles. The van der Waals surface area contributed by atoms with Crippen molar-refractivity contribution in [2.24, 2.45) is 11.1 Å². The Hall–Kier alpha value is -2.81. The third-order valence-corrected chi connectivity index (χ3v) is 8.62. The summed E-state index contributed by atoms with van der Waals surface area (Å²) < 4.78 is 5.92. The number of likely N-dealkylation sites (tertiary alicyclic amines) is 1. The molecular weight excluding hydrogens is 551 g/mol. The van der Waals surface area contributed by atoms with Gasteiger partial charge in [0.15, 0.2) is 0 Å². The van der Waals surface area contributed by atoms with Gasteiger partial charge < -0.3 is 26.0 Å². The molecule has 4 rings (SSSR count). The van der Waals surface area contributed by atoms with Crippen molar-refractivity contribution in [2.75, 3.05) is 32.8 Å². The van der Waals surface area contributed by atoms with Gasteiger partial charge in [-0.2, -0.15) is 0 Å². The molecule has 40 heavy (non-hydrogen) atoms. The predicted molar refractivity (Wildman–Crippen MR) is 157 cm³/mol. The van der Waals surface area contributed by atoms with Gasteiger partial charge in [0, 0.05) is 26.2 Å². The average molecular weight is 590 g/mol. The van der Waals surface area contributed by atoms with E-state index in [0.717, 1.165) is 24.0 Å². The molecule has 2 aliphatic rings. The lowest BCUT2D eigenvalue weighted by Gasteiger charge is -2.41. The first kappa shape index (κ1) is 30.2. The number of carbonyl (C=O) groups is 3. The number of hydrogen-bond acceptors (Lipinski definition) is 5. The summed E-state index contributed by atoms with van der Waals surface area (Å²) in [6.45, 7) is 4.27. The van der Waals surface area contributed by atoms with Crippen molar-refractivity contribution in [3.05, 3.63) is 63.1 Å². The van der Waals surface area contributed by atoms with E-state index in [4.69, 9.17) is 33.7 Å². The first-order chi connectivity index (χ1) is 19.2. The number of piperidine rings is 1. The van der Waals surface area contributed by atoms with Crippen molar-refractivity contribution < 1.29 is 19.1 Å². The number of carbonyl (C=O) groups excluding carboxylic acids is 3. The van der Waals surface area contributed by atoms with Gasteiger partial charge in [-0.1, -0.05) is 41.8 Å². The zero-order valence-electron chi connectivity index (χ0n) is 22.9. The van der Waals surface area contributed by atoms with Gasteiger partial charge in [-0.05, 0) is 80.8 Å². The number of ether oxygens (including phenoxy) is 1. The first-order valence-electron chi connectivity index (χ1n) is 14.0. The van der Waals surface area contributed by atoms with Gasteiger partial charge in [0.05, 0.1) is 33.7 Å². The highest BCUT2D eigenvalue weighted by Gasteiger charge is 2.42. The van der Waals surface area contributed by atoms with Gasteiger partial charge in [0.2, 0.25) is 11.8 Å². The van der Waals surface area contributed by atoms with Crippen molar-refractivity contribution in [1.82, 2.24) is 15.5 Å². The monoisotopic (exact) mass is 588 g/mol. The summed E-state index contributed by atoms with van der Waals surface area (Å²) in [5, 5.41) is 6.99. The minimum atomic E-state index is -0.704. The Morgan fingerprint density at radius 3 is 2.50 bits per heavy atom. The van der Waals surface area contributed by atoms with Gasteiger partial charge in [-0.3, -0.25) is 14.4 Å². The SMILES string of the molecule is Cc1ccc2c(c1)OCCCNC(=O)C1(CCCCNC2=O)CCN(C(=O)[C@@H](N)Cc2ccc(Cl)c(Cl)c2)CC1.